The van der Waals surface area contributed by atoms with Gasteiger partial charge in [-0.15, -0.1) is 10.2 Å². The van der Waals surface area contributed by atoms with Crippen LogP contribution in [-0.4, -0.2) is 52.5 Å². The number of benzene rings is 1. The Labute approximate surface area is 178 Å². The summed E-state index contributed by atoms with van der Waals surface area (Å²) in [6.45, 7) is 7.76. The van der Waals surface area contributed by atoms with Crippen LogP contribution in [-0.2, 0) is 4.74 Å². The molecule has 5 nitrogen and oxygen atoms in total. The highest BCUT2D eigenvalue weighted by molar-refractivity contribution is 5.59. The highest BCUT2D eigenvalue weighted by Gasteiger charge is 2.44. The van der Waals surface area contributed by atoms with Crippen molar-refractivity contribution in [3.63, 3.8) is 0 Å². The second-order valence-electron chi connectivity index (χ2n) is 9.86. The lowest BCUT2D eigenvalue weighted by atomic mass is 9.93. The van der Waals surface area contributed by atoms with Crippen LogP contribution in [0.3, 0.4) is 0 Å². The number of rotatable bonds is 4. The third-order valence-corrected chi connectivity index (χ3v) is 7.10. The molecule has 1 aliphatic carbocycles. The number of aromatic nitrogens is 2. The molecule has 0 radical (unpaired) electrons. The molecule has 1 aromatic heterocycles. The SMILES string of the molecule is CC1(C)CC(N2C[C@H]3C[C@@H](Nc4ccc(-c5cccc(F)c5)nn4)C[C@H]3C2)CCO1. The Morgan fingerprint density at radius 2 is 1.90 bits per heavy atom. The number of ether oxygens (including phenoxy) is 1. The lowest BCUT2D eigenvalue weighted by molar-refractivity contribution is -0.0811. The largest absolute Gasteiger partial charge is 0.375 e. The average molecular weight is 411 g/mol. The third kappa shape index (κ3) is 4.21. The van der Waals surface area contributed by atoms with Crippen molar-refractivity contribution in [1.82, 2.24) is 15.1 Å². The fourth-order valence-electron chi connectivity index (χ4n) is 5.68. The molecule has 0 amide bonds. The number of hydrogen-bond donors (Lipinski definition) is 1. The van der Waals surface area contributed by atoms with Crippen molar-refractivity contribution in [2.24, 2.45) is 11.8 Å². The van der Waals surface area contributed by atoms with Crippen molar-refractivity contribution in [3.05, 3.63) is 42.2 Å². The van der Waals surface area contributed by atoms with Crippen molar-refractivity contribution < 1.29 is 9.13 Å². The normalized spacial score (nSPS) is 30.9. The van der Waals surface area contributed by atoms with Crippen LogP contribution in [0.2, 0.25) is 0 Å². The van der Waals surface area contributed by atoms with E-state index < -0.39 is 0 Å². The standard InChI is InChI=1S/C24H31FN4O/c1-24(2)13-21(8-9-30-24)29-14-17-11-20(12-18(17)15-29)26-23-7-6-22(27-28-23)16-4-3-5-19(25)10-16/h3-7,10,17-18,20-21H,8-9,11-15H2,1-2H3,(H,26,28)/t17-,18+,20-,21?. The number of likely N-dealkylation sites (tertiary alicyclic amines) is 1. The molecule has 1 aromatic carbocycles. The van der Waals surface area contributed by atoms with Gasteiger partial charge in [0, 0.05) is 37.3 Å². The predicted octanol–water partition coefficient (Wildman–Crippen LogP) is 4.36. The van der Waals surface area contributed by atoms with Crippen LogP contribution in [0.4, 0.5) is 10.2 Å². The summed E-state index contributed by atoms with van der Waals surface area (Å²) >= 11 is 0. The van der Waals surface area contributed by atoms with Crippen molar-refractivity contribution in [3.8, 4) is 11.3 Å². The minimum Gasteiger partial charge on any atom is -0.375 e. The molecule has 2 aliphatic heterocycles. The van der Waals surface area contributed by atoms with Gasteiger partial charge >= 0.3 is 0 Å². The molecule has 3 heterocycles. The fraction of sp³-hybridized carbons (Fsp3) is 0.583. The molecular formula is C24H31FN4O. The molecule has 0 spiro atoms. The van der Waals surface area contributed by atoms with E-state index in [2.05, 4.69) is 34.3 Å². The number of nitrogens with one attached hydrogen (secondary N) is 1. The zero-order valence-electron chi connectivity index (χ0n) is 17.9. The van der Waals surface area contributed by atoms with Gasteiger partial charge in [-0.05, 0) is 75.6 Å². The zero-order chi connectivity index (χ0) is 20.7. The molecule has 160 valence electrons. The van der Waals surface area contributed by atoms with Gasteiger partial charge in [0.1, 0.15) is 11.6 Å². The average Bonchev–Trinajstić information content (AvgIpc) is 3.26. The number of hydrogen-bond acceptors (Lipinski definition) is 5. The highest BCUT2D eigenvalue weighted by Crippen LogP contribution is 2.41. The van der Waals surface area contributed by atoms with Gasteiger partial charge in [0.2, 0.25) is 0 Å². The van der Waals surface area contributed by atoms with E-state index in [0.717, 1.165) is 42.7 Å². The van der Waals surface area contributed by atoms with E-state index >= 15 is 0 Å². The Kier molecular flexibility index (Phi) is 5.23. The van der Waals surface area contributed by atoms with E-state index in [4.69, 9.17) is 4.74 Å². The van der Waals surface area contributed by atoms with Crippen molar-refractivity contribution >= 4 is 5.82 Å². The predicted molar refractivity (Wildman–Crippen MR) is 116 cm³/mol. The van der Waals surface area contributed by atoms with E-state index in [-0.39, 0.29) is 11.4 Å². The maximum absolute atomic E-state index is 13.4. The van der Waals surface area contributed by atoms with Gasteiger partial charge in [-0.3, -0.25) is 4.90 Å². The molecule has 2 aromatic rings. The summed E-state index contributed by atoms with van der Waals surface area (Å²) in [5.41, 5.74) is 1.46. The molecule has 1 unspecified atom stereocenters. The molecule has 0 bridgehead atoms. The van der Waals surface area contributed by atoms with E-state index in [9.17, 15) is 4.39 Å². The van der Waals surface area contributed by atoms with E-state index in [1.807, 2.05) is 18.2 Å². The Morgan fingerprint density at radius 1 is 1.10 bits per heavy atom. The summed E-state index contributed by atoms with van der Waals surface area (Å²) in [5, 5.41) is 12.2. The van der Waals surface area contributed by atoms with Crippen molar-refractivity contribution in [2.45, 2.75) is 57.2 Å². The van der Waals surface area contributed by atoms with Crippen LogP contribution in [0.15, 0.2) is 36.4 Å². The maximum atomic E-state index is 13.4. The van der Waals surface area contributed by atoms with Gasteiger partial charge in [-0.25, -0.2) is 4.39 Å². The first-order chi connectivity index (χ1) is 14.4. The van der Waals surface area contributed by atoms with Crippen LogP contribution in [0.25, 0.3) is 11.3 Å². The summed E-state index contributed by atoms with van der Waals surface area (Å²) in [6.07, 6.45) is 4.70. The van der Waals surface area contributed by atoms with E-state index in [1.165, 1.54) is 38.1 Å². The molecular weight excluding hydrogens is 379 g/mol. The Hall–Kier alpha value is -2.05. The number of anilines is 1. The van der Waals surface area contributed by atoms with Gasteiger partial charge in [0.25, 0.3) is 0 Å². The van der Waals surface area contributed by atoms with Gasteiger partial charge in [0.05, 0.1) is 11.3 Å². The molecule has 6 heteroatoms. The highest BCUT2D eigenvalue weighted by atomic mass is 19.1. The number of nitrogens with zero attached hydrogens (tertiary/aromatic N) is 3. The summed E-state index contributed by atoms with van der Waals surface area (Å²) in [7, 11) is 0. The Morgan fingerprint density at radius 3 is 2.57 bits per heavy atom. The first kappa shape index (κ1) is 19.9. The van der Waals surface area contributed by atoms with Gasteiger partial charge in [-0.2, -0.15) is 0 Å². The number of halogens is 1. The zero-order valence-corrected chi connectivity index (χ0v) is 17.9. The summed E-state index contributed by atoms with van der Waals surface area (Å²) in [6, 6.07) is 11.5. The molecule has 2 saturated heterocycles. The third-order valence-electron chi connectivity index (χ3n) is 7.10. The molecule has 4 atom stereocenters. The summed E-state index contributed by atoms with van der Waals surface area (Å²) in [5.74, 6) is 2.09. The van der Waals surface area contributed by atoms with Crippen LogP contribution in [0.1, 0.15) is 39.5 Å². The van der Waals surface area contributed by atoms with Crippen LogP contribution in [0, 0.1) is 17.7 Å². The van der Waals surface area contributed by atoms with Crippen molar-refractivity contribution in [2.75, 3.05) is 25.0 Å². The molecule has 1 N–H and O–H groups in total. The quantitative estimate of drug-likeness (QED) is 0.812. The monoisotopic (exact) mass is 410 g/mol. The second kappa shape index (κ2) is 7.89. The van der Waals surface area contributed by atoms with Gasteiger partial charge in [-0.1, -0.05) is 12.1 Å². The van der Waals surface area contributed by atoms with Gasteiger partial charge in [0.15, 0.2) is 0 Å². The summed E-state index contributed by atoms with van der Waals surface area (Å²) in [4.78, 5) is 2.73. The minimum absolute atomic E-state index is 0.0149. The molecule has 5 rings (SSSR count). The van der Waals surface area contributed by atoms with Crippen molar-refractivity contribution in [1.29, 1.82) is 0 Å². The fourth-order valence-corrected chi connectivity index (χ4v) is 5.68. The lowest BCUT2D eigenvalue weighted by Crippen LogP contribution is -2.45. The summed E-state index contributed by atoms with van der Waals surface area (Å²) < 4.78 is 19.3. The maximum Gasteiger partial charge on any atom is 0.148 e. The molecule has 3 aliphatic rings. The number of fused-ring (bicyclic) bond motifs is 1. The first-order valence-corrected chi connectivity index (χ1v) is 11.2. The van der Waals surface area contributed by atoms with Crippen LogP contribution >= 0.6 is 0 Å². The molecule has 30 heavy (non-hydrogen) atoms. The smallest absolute Gasteiger partial charge is 0.148 e. The van der Waals surface area contributed by atoms with E-state index in [0.29, 0.717) is 17.8 Å². The Bertz CT molecular complexity index is 873. The molecule has 3 fully saturated rings. The first-order valence-electron chi connectivity index (χ1n) is 11.2. The van der Waals surface area contributed by atoms with Gasteiger partial charge < -0.3 is 10.1 Å². The topological polar surface area (TPSA) is 50.3 Å². The Balaban J connectivity index is 1.16. The van der Waals surface area contributed by atoms with E-state index in [1.54, 1.807) is 6.07 Å². The van der Waals surface area contributed by atoms with Crippen LogP contribution < -0.4 is 5.32 Å². The lowest BCUT2D eigenvalue weighted by Gasteiger charge is -2.40. The van der Waals surface area contributed by atoms with Crippen LogP contribution in [0.5, 0.6) is 0 Å². The minimum atomic E-state index is -0.257. The molecule has 1 saturated carbocycles. The second-order valence-corrected chi connectivity index (χ2v) is 9.86.